The van der Waals surface area contributed by atoms with Gasteiger partial charge < -0.3 is 9.84 Å². The third-order valence-electron chi connectivity index (χ3n) is 5.17. The number of aryl methyl sites for hydroxylation is 1. The van der Waals surface area contributed by atoms with Crippen molar-refractivity contribution in [1.29, 1.82) is 0 Å². The molecule has 0 radical (unpaired) electrons. The number of fused-ring (bicyclic) bond motifs is 1. The molecule has 3 atom stereocenters. The molecule has 1 aliphatic rings. The number of rotatable bonds is 5. The van der Waals surface area contributed by atoms with Gasteiger partial charge in [-0.3, -0.25) is 10.1 Å². The number of carbonyl (C=O) groups excluding carboxylic acids is 1. The van der Waals surface area contributed by atoms with Crippen LogP contribution in [0.2, 0.25) is 0 Å². The number of nitrogens with one attached hydrogen (secondary N) is 1. The summed E-state index contributed by atoms with van der Waals surface area (Å²) >= 11 is 0. The first-order valence-corrected chi connectivity index (χ1v) is 9.28. The van der Waals surface area contributed by atoms with Gasteiger partial charge in [-0.1, -0.05) is 19.1 Å². The third kappa shape index (κ3) is 3.89. The molecule has 2 aromatic rings. The Labute approximate surface area is 159 Å². The number of benzene rings is 2. The van der Waals surface area contributed by atoms with Gasteiger partial charge in [0.25, 0.3) is 0 Å². The van der Waals surface area contributed by atoms with Crippen molar-refractivity contribution in [2.24, 2.45) is 0 Å². The van der Waals surface area contributed by atoms with E-state index in [1.165, 1.54) is 24.3 Å². The van der Waals surface area contributed by atoms with E-state index in [1.807, 2.05) is 32.0 Å². The SMILES string of the molecule is CCc1ccc2c(c1)C(NC(C)C(=O)c1ccc(F)cc1)C(O)C(C)(C)O2. The van der Waals surface area contributed by atoms with E-state index >= 15 is 0 Å². The third-order valence-corrected chi connectivity index (χ3v) is 5.17. The summed E-state index contributed by atoms with van der Waals surface area (Å²) in [5, 5.41) is 14.2. The zero-order valence-corrected chi connectivity index (χ0v) is 16.1. The number of halogens is 1. The quantitative estimate of drug-likeness (QED) is 0.785. The molecule has 0 amide bonds. The summed E-state index contributed by atoms with van der Waals surface area (Å²) in [6.07, 6.45) is 0.0318. The lowest BCUT2D eigenvalue weighted by Gasteiger charge is -2.43. The number of carbonyl (C=O) groups is 1. The Hall–Kier alpha value is -2.24. The maximum absolute atomic E-state index is 13.1. The lowest BCUT2D eigenvalue weighted by molar-refractivity contribution is -0.0656. The Kier molecular flexibility index (Phi) is 5.36. The second-order valence-corrected chi connectivity index (χ2v) is 7.61. The monoisotopic (exact) mass is 371 g/mol. The highest BCUT2D eigenvalue weighted by Crippen LogP contribution is 2.40. The number of Topliss-reactive ketones (excluding diaryl/α,β-unsaturated/α-hetero) is 1. The van der Waals surface area contributed by atoms with Gasteiger partial charge in [-0.25, -0.2) is 4.39 Å². The maximum Gasteiger partial charge on any atom is 0.179 e. The Morgan fingerprint density at radius 2 is 1.93 bits per heavy atom. The van der Waals surface area contributed by atoms with Gasteiger partial charge in [0.2, 0.25) is 0 Å². The van der Waals surface area contributed by atoms with E-state index < -0.39 is 23.8 Å². The molecular formula is C22H26FNO3. The van der Waals surface area contributed by atoms with Crippen LogP contribution < -0.4 is 10.1 Å². The van der Waals surface area contributed by atoms with Crippen molar-refractivity contribution in [2.45, 2.75) is 57.9 Å². The first kappa shape index (κ1) is 19.5. The Morgan fingerprint density at radius 3 is 2.56 bits per heavy atom. The van der Waals surface area contributed by atoms with Gasteiger partial charge >= 0.3 is 0 Å². The van der Waals surface area contributed by atoms with Crippen LogP contribution in [0.5, 0.6) is 5.75 Å². The molecule has 2 aromatic carbocycles. The van der Waals surface area contributed by atoms with Crippen molar-refractivity contribution in [3.05, 3.63) is 65.0 Å². The van der Waals surface area contributed by atoms with E-state index in [2.05, 4.69) is 12.2 Å². The zero-order chi connectivity index (χ0) is 19.8. The molecule has 144 valence electrons. The second kappa shape index (κ2) is 7.41. The van der Waals surface area contributed by atoms with Gasteiger partial charge in [-0.2, -0.15) is 0 Å². The summed E-state index contributed by atoms with van der Waals surface area (Å²) in [5.74, 6) is 0.177. The molecule has 27 heavy (non-hydrogen) atoms. The molecule has 0 aliphatic carbocycles. The summed E-state index contributed by atoms with van der Waals surface area (Å²) in [5.41, 5.74) is 1.62. The number of hydrogen-bond acceptors (Lipinski definition) is 4. The highest BCUT2D eigenvalue weighted by Gasteiger charge is 2.43. The molecule has 1 aliphatic heterocycles. The Bertz CT molecular complexity index is 832. The van der Waals surface area contributed by atoms with E-state index in [4.69, 9.17) is 4.74 Å². The lowest BCUT2D eigenvalue weighted by Crippen LogP contribution is -2.54. The van der Waals surface area contributed by atoms with Gasteiger partial charge in [0.15, 0.2) is 5.78 Å². The smallest absolute Gasteiger partial charge is 0.179 e. The largest absolute Gasteiger partial charge is 0.485 e. The molecule has 3 rings (SSSR count). The standard InChI is InChI=1S/C22H26FNO3/c1-5-14-6-11-18-17(12-14)19(21(26)22(3,4)27-18)24-13(2)20(25)15-7-9-16(23)10-8-15/h6-13,19,21,24,26H,5H2,1-4H3. The predicted molar refractivity (Wildman–Crippen MR) is 103 cm³/mol. The molecule has 0 spiro atoms. The van der Waals surface area contributed by atoms with Crippen molar-refractivity contribution < 1.29 is 19.0 Å². The van der Waals surface area contributed by atoms with E-state index in [0.717, 1.165) is 17.5 Å². The molecule has 1 heterocycles. The second-order valence-electron chi connectivity index (χ2n) is 7.61. The fourth-order valence-electron chi connectivity index (χ4n) is 3.46. The lowest BCUT2D eigenvalue weighted by atomic mass is 9.85. The fraction of sp³-hybridized carbons (Fsp3) is 0.409. The molecule has 3 unspecified atom stereocenters. The molecule has 4 nitrogen and oxygen atoms in total. The first-order valence-electron chi connectivity index (χ1n) is 9.28. The molecular weight excluding hydrogens is 345 g/mol. The van der Waals surface area contributed by atoms with Gasteiger partial charge in [-0.15, -0.1) is 0 Å². The summed E-state index contributed by atoms with van der Waals surface area (Å²) in [7, 11) is 0. The minimum atomic E-state index is -0.833. The molecule has 0 saturated carbocycles. The first-order chi connectivity index (χ1) is 12.7. The molecule has 0 bridgehead atoms. The molecule has 2 N–H and O–H groups in total. The van der Waals surface area contributed by atoms with Crippen molar-refractivity contribution in [3.63, 3.8) is 0 Å². The van der Waals surface area contributed by atoms with E-state index in [0.29, 0.717) is 11.3 Å². The van der Waals surface area contributed by atoms with Crippen molar-refractivity contribution in [1.82, 2.24) is 5.32 Å². The van der Waals surface area contributed by atoms with Gasteiger partial charge in [0.1, 0.15) is 23.3 Å². The summed E-state index contributed by atoms with van der Waals surface area (Å²) in [6, 6.07) is 10.4. The fourth-order valence-corrected chi connectivity index (χ4v) is 3.46. The van der Waals surface area contributed by atoms with Crippen LogP contribution in [0.1, 0.15) is 55.2 Å². The number of ether oxygens (including phenoxy) is 1. The van der Waals surface area contributed by atoms with E-state index in [9.17, 15) is 14.3 Å². The Balaban J connectivity index is 1.90. The highest BCUT2D eigenvalue weighted by atomic mass is 19.1. The number of aliphatic hydroxyl groups excluding tert-OH is 1. The minimum absolute atomic E-state index is 0.153. The van der Waals surface area contributed by atoms with Crippen LogP contribution in [-0.4, -0.2) is 28.6 Å². The van der Waals surface area contributed by atoms with Crippen LogP contribution in [-0.2, 0) is 6.42 Å². The highest BCUT2D eigenvalue weighted by molar-refractivity contribution is 5.99. The summed E-state index contributed by atoms with van der Waals surface area (Å²) in [4.78, 5) is 12.7. The molecule has 0 aromatic heterocycles. The minimum Gasteiger partial charge on any atom is -0.485 e. The zero-order valence-electron chi connectivity index (χ0n) is 16.1. The normalized spacial score (nSPS) is 21.9. The molecule has 5 heteroatoms. The van der Waals surface area contributed by atoms with Crippen molar-refractivity contribution in [3.8, 4) is 5.75 Å². The van der Waals surface area contributed by atoms with Crippen LogP contribution in [0.4, 0.5) is 4.39 Å². The van der Waals surface area contributed by atoms with Crippen LogP contribution in [0.25, 0.3) is 0 Å². The number of aliphatic hydroxyl groups is 1. The van der Waals surface area contributed by atoms with Gasteiger partial charge in [-0.05, 0) is 63.1 Å². The maximum atomic E-state index is 13.1. The van der Waals surface area contributed by atoms with Crippen LogP contribution >= 0.6 is 0 Å². The van der Waals surface area contributed by atoms with Gasteiger partial charge in [0.05, 0.1) is 12.1 Å². The average molecular weight is 371 g/mol. The van der Waals surface area contributed by atoms with Crippen LogP contribution in [0.15, 0.2) is 42.5 Å². The summed E-state index contributed by atoms with van der Waals surface area (Å²) in [6.45, 7) is 7.48. The van der Waals surface area contributed by atoms with Gasteiger partial charge in [0, 0.05) is 11.1 Å². The topological polar surface area (TPSA) is 58.6 Å². The summed E-state index contributed by atoms with van der Waals surface area (Å²) < 4.78 is 19.1. The predicted octanol–water partition coefficient (Wildman–Crippen LogP) is 3.82. The average Bonchev–Trinajstić information content (AvgIpc) is 2.64. The van der Waals surface area contributed by atoms with Crippen molar-refractivity contribution >= 4 is 5.78 Å². The molecule has 0 saturated heterocycles. The van der Waals surface area contributed by atoms with Crippen LogP contribution in [0.3, 0.4) is 0 Å². The Morgan fingerprint density at radius 1 is 1.26 bits per heavy atom. The molecule has 0 fully saturated rings. The van der Waals surface area contributed by atoms with E-state index in [-0.39, 0.29) is 11.6 Å². The number of hydrogen-bond donors (Lipinski definition) is 2. The van der Waals surface area contributed by atoms with Crippen molar-refractivity contribution in [2.75, 3.05) is 0 Å². The van der Waals surface area contributed by atoms with Crippen LogP contribution in [0, 0.1) is 5.82 Å². The van der Waals surface area contributed by atoms with E-state index in [1.54, 1.807) is 6.92 Å². The number of ketones is 1.